The van der Waals surface area contributed by atoms with E-state index in [1.54, 1.807) is 42.5 Å². The average Bonchev–Trinajstić information content (AvgIpc) is 3.12. The fourth-order valence-corrected chi connectivity index (χ4v) is 5.63. The Morgan fingerprint density at radius 1 is 0.743 bits per heavy atom. The Balaban J connectivity index is 1.71. The quantitative estimate of drug-likeness (QED) is 0.245. The molecule has 0 amide bonds. The van der Waals surface area contributed by atoms with Crippen LogP contribution in [0, 0.1) is 6.92 Å². The smallest absolute Gasteiger partial charge is 0.340 e. The van der Waals surface area contributed by atoms with Crippen LogP contribution in [0.2, 0.25) is 0 Å². The van der Waals surface area contributed by atoms with Crippen LogP contribution in [0.1, 0.15) is 32.6 Å². The second kappa shape index (κ2) is 6.45. The number of phenols is 3. The summed E-state index contributed by atoms with van der Waals surface area (Å²) in [5.74, 6) is 0.214. The Bertz CT molecular complexity index is 1770. The molecular formula is C29H18O6. The molecule has 170 valence electrons. The zero-order valence-electron chi connectivity index (χ0n) is 18.5. The molecule has 3 N–H and O–H groups in total. The van der Waals surface area contributed by atoms with Crippen molar-refractivity contribution in [1.82, 2.24) is 0 Å². The third-order valence-electron chi connectivity index (χ3n) is 7.03. The van der Waals surface area contributed by atoms with Crippen molar-refractivity contribution in [1.29, 1.82) is 0 Å². The Morgan fingerprint density at radius 3 is 2.40 bits per heavy atom. The number of aromatic hydroxyl groups is 3. The number of esters is 1. The van der Waals surface area contributed by atoms with Crippen LogP contribution in [0.15, 0.2) is 72.8 Å². The van der Waals surface area contributed by atoms with Crippen molar-refractivity contribution in [2.45, 2.75) is 12.5 Å². The van der Waals surface area contributed by atoms with Gasteiger partial charge in [-0.15, -0.1) is 0 Å². The summed E-state index contributed by atoms with van der Waals surface area (Å²) in [6.45, 7) is 1.94. The van der Waals surface area contributed by atoms with Crippen LogP contribution in [0.3, 0.4) is 0 Å². The summed E-state index contributed by atoms with van der Waals surface area (Å²) in [5.41, 5.74) is 1.94. The highest BCUT2D eigenvalue weighted by Gasteiger charge is 2.54. The second-order valence-corrected chi connectivity index (χ2v) is 9.02. The Hall–Kier alpha value is -4.71. The van der Waals surface area contributed by atoms with Crippen molar-refractivity contribution < 1.29 is 29.6 Å². The summed E-state index contributed by atoms with van der Waals surface area (Å²) in [4.78, 5) is 13.2. The van der Waals surface area contributed by atoms with Crippen LogP contribution in [-0.4, -0.2) is 21.3 Å². The first-order valence-corrected chi connectivity index (χ1v) is 11.1. The number of carbonyl (C=O) groups excluding carboxylic acids is 1. The number of benzene rings is 5. The third-order valence-corrected chi connectivity index (χ3v) is 7.03. The van der Waals surface area contributed by atoms with Crippen LogP contribution in [-0.2, 0) is 10.3 Å². The molecule has 5 aromatic rings. The minimum atomic E-state index is -1.31. The zero-order valence-corrected chi connectivity index (χ0v) is 18.5. The van der Waals surface area contributed by atoms with Crippen molar-refractivity contribution >= 4 is 27.5 Å². The van der Waals surface area contributed by atoms with E-state index in [1.165, 1.54) is 12.1 Å². The molecule has 2 heterocycles. The van der Waals surface area contributed by atoms with E-state index in [1.807, 2.05) is 25.1 Å². The summed E-state index contributed by atoms with van der Waals surface area (Å²) in [6.07, 6.45) is 0. The number of phenolic OH excluding ortho intramolecular Hbond substituents is 3. The molecular weight excluding hydrogens is 444 g/mol. The molecule has 2 aliphatic heterocycles. The SMILES string of the molecule is Cc1cc2ccc(O)cc2c2c1C1(OC(=O)c3ccccc31)c1ccc3c(O)cc(O)cc3c1O2. The molecule has 0 bridgehead atoms. The molecule has 0 saturated heterocycles. The molecule has 1 unspecified atom stereocenters. The number of carbonyl (C=O) groups is 1. The van der Waals surface area contributed by atoms with E-state index >= 15 is 0 Å². The lowest BCUT2D eigenvalue weighted by Gasteiger charge is -2.38. The van der Waals surface area contributed by atoms with Gasteiger partial charge in [-0.3, -0.25) is 0 Å². The van der Waals surface area contributed by atoms with Crippen molar-refractivity contribution in [3.8, 4) is 28.7 Å². The van der Waals surface area contributed by atoms with E-state index in [4.69, 9.17) is 9.47 Å². The third kappa shape index (κ3) is 2.40. The topological polar surface area (TPSA) is 96.2 Å². The number of fused-ring (bicyclic) bond motifs is 10. The molecule has 6 heteroatoms. The molecule has 2 aliphatic rings. The predicted octanol–water partition coefficient (Wildman–Crippen LogP) is 5.99. The van der Waals surface area contributed by atoms with Gasteiger partial charge in [0.15, 0.2) is 5.60 Å². The fourth-order valence-electron chi connectivity index (χ4n) is 5.63. The zero-order chi connectivity index (χ0) is 24.1. The molecule has 6 nitrogen and oxygen atoms in total. The number of aryl methyl sites for hydroxylation is 1. The summed E-state index contributed by atoms with van der Waals surface area (Å²) in [7, 11) is 0. The monoisotopic (exact) mass is 462 g/mol. The van der Waals surface area contributed by atoms with E-state index in [0.717, 1.165) is 10.9 Å². The van der Waals surface area contributed by atoms with Gasteiger partial charge in [-0.25, -0.2) is 4.79 Å². The van der Waals surface area contributed by atoms with E-state index in [2.05, 4.69) is 0 Å². The van der Waals surface area contributed by atoms with Gasteiger partial charge in [0.2, 0.25) is 0 Å². The number of hydrogen-bond acceptors (Lipinski definition) is 6. The molecule has 0 saturated carbocycles. The lowest BCUT2D eigenvalue weighted by atomic mass is 9.74. The Labute approximate surface area is 199 Å². The van der Waals surface area contributed by atoms with Crippen LogP contribution >= 0.6 is 0 Å². The molecule has 0 aromatic heterocycles. The fraction of sp³-hybridized carbons (Fsp3) is 0.0690. The van der Waals surface area contributed by atoms with Gasteiger partial charge < -0.3 is 24.8 Å². The van der Waals surface area contributed by atoms with Crippen LogP contribution in [0.25, 0.3) is 21.5 Å². The first kappa shape index (κ1) is 19.7. The van der Waals surface area contributed by atoms with Crippen LogP contribution in [0.5, 0.6) is 28.7 Å². The minimum absolute atomic E-state index is 0.0732. The van der Waals surface area contributed by atoms with Gasteiger partial charge in [-0.2, -0.15) is 0 Å². The van der Waals surface area contributed by atoms with Gasteiger partial charge in [-0.1, -0.05) is 30.3 Å². The molecule has 1 spiro atoms. The summed E-state index contributed by atoms with van der Waals surface area (Å²) < 4.78 is 12.8. The largest absolute Gasteiger partial charge is 0.508 e. The highest BCUT2D eigenvalue weighted by atomic mass is 16.6. The molecule has 35 heavy (non-hydrogen) atoms. The number of rotatable bonds is 0. The maximum atomic E-state index is 13.2. The van der Waals surface area contributed by atoms with Crippen molar-refractivity contribution in [2.75, 3.05) is 0 Å². The van der Waals surface area contributed by atoms with Gasteiger partial charge in [0.05, 0.1) is 11.1 Å². The van der Waals surface area contributed by atoms with E-state index < -0.39 is 11.6 Å². The average molecular weight is 462 g/mol. The van der Waals surface area contributed by atoms with Gasteiger partial charge >= 0.3 is 5.97 Å². The molecule has 0 aliphatic carbocycles. The summed E-state index contributed by atoms with van der Waals surface area (Å²) in [6, 6.07) is 20.6. The molecule has 1 atom stereocenters. The maximum Gasteiger partial charge on any atom is 0.340 e. The lowest BCUT2D eigenvalue weighted by Crippen LogP contribution is -2.34. The number of ether oxygens (including phenoxy) is 2. The van der Waals surface area contributed by atoms with Gasteiger partial charge in [-0.05, 0) is 54.3 Å². The van der Waals surface area contributed by atoms with Gasteiger partial charge in [0.25, 0.3) is 0 Å². The molecule has 0 radical (unpaired) electrons. The lowest BCUT2D eigenvalue weighted by molar-refractivity contribution is 0.0224. The summed E-state index contributed by atoms with van der Waals surface area (Å²) >= 11 is 0. The highest BCUT2D eigenvalue weighted by Crippen LogP contribution is 2.60. The van der Waals surface area contributed by atoms with Gasteiger partial charge in [0, 0.05) is 33.4 Å². The second-order valence-electron chi connectivity index (χ2n) is 9.02. The van der Waals surface area contributed by atoms with Crippen LogP contribution in [0.4, 0.5) is 0 Å². The molecule has 0 fully saturated rings. The first-order chi connectivity index (χ1) is 16.9. The van der Waals surface area contributed by atoms with E-state index in [9.17, 15) is 20.1 Å². The van der Waals surface area contributed by atoms with Crippen molar-refractivity contribution in [3.05, 3.63) is 101 Å². The molecule has 5 aromatic carbocycles. The standard InChI is InChI=1S/C29H18O6/c1-14-10-15-6-7-16(30)11-20(15)27-25(14)29(22-5-3-2-4-19(22)28(33)35-29)23-9-8-18-21(26(23)34-27)12-17(31)13-24(18)32/h2-13,30-32H,1H3. The van der Waals surface area contributed by atoms with Crippen molar-refractivity contribution in [2.24, 2.45) is 0 Å². The number of hydrogen-bond donors (Lipinski definition) is 3. The van der Waals surface area contributed by atoms with Gasteiger partial charge in [0.1, 0.15) is 28.7 Å². The normalized spacial score (nSPS) is 17.7. The van der Waals surface area contributed by atoms with Crippen molar-refractivity contribution in [3.63, 3.8) is 0 Å². The summed E-state index contributed by atoms with van der Waals surface area (Å²) in [5, 5.41) is 33.6. The van der Waals surface area contributed by atoms with E-state index in [-0.39, 0.29) is 17.2 Å². The molecule has 7 rings (SSSR count). The highest BCUT2D eigenvalue weighted by molar-refractivity contribution is 6.02. The van der Waals surface area contributed by atoms with Crippen LogP contribution < -0.4 is 4.74 Å². The Kier molecular flexibility index (Phi) is 3.64. The Morgan fingerprint density at radius 2 is 1.54 bits per heavy atom. The first-order valence-electron chi connectivity index (χ1n) is 11.1. The van der Waals surface area contributed by atoms with E-state index in [0.29, 0.717) is 49.9 Å². The minimum Gasteiger partial charge on any atom is -0.508 e. The predicted molar refractivity (Wildman–Crippen MR) is 129 cm³/mol. The maximum absolute atomic E-state index is 13.2.